The van der Waals surface area contributed by atoms with Crippen LogP contribution in [0.4, 0.5) is 0 Å². The quantitative estimate of drug-likeness (QED) is 0.656. The Hall–Kier alpha value is -1.09. The first-order valence-electron chi connectivity index (χ1n) is 5.08. The van der Waals surface area contributed by atoms with Crippen molar-refractivity contribution in [2.75, 3.05) is 5.75 Å². The number of hydrogen-bond acceptors (Lipinski definition) is 4. The lowest BCUT2D eigenvalue weighted by atomic mass is 10.2. The highest BCUT2D eigenvalue weighted by Crippen LogP contribution is 2.21. The van der Waals surface area contributed by atoms with Crippen LogP contribution in [0.2, 0.25) is 0 Å². The van der Waals surface area contributed by atoms with E-state index in [1.54, 1.807) is 11.7 Å². The standard InChI is InChI=1S/C11H10IN3O2S/c1-15-11(18-6-9(16)17)13-10(14-15)7-2-4-8(12)5-3-7/h2-5H,6H2,1H3,(H,16,17). The number of carboxylic acid groups (broad SMARTS) is 1. The fourth-order valence-electron chi connectivity index (χ4n) is 1.34. The van der Waals surface area contributed by atoms with Gasteiger partial charge in [0.1, 0.15) is 0 Å². The molecule has 0 saturated heterocycles. The van der Waals surface area contributed by atoms with E-state index < -0.39 is 5.97 Å². The van der Waals surface area contributed by atoms with Gasteiger partial charge in [-0.3, -0.25) is 4.79 Å². The summed E-state index contributed by atoms with van der Waals surface area (Å²) < 4.78 is 2.74. The molecule has 0 bridgehead atoms. The van der Waals surface area contributed by atoms with Gasteiger partial charge in [-0.2, -0.15) is 5.10 Å². The molecule has 0 spiro atoms. The van der Waals surface area contributed by atoms with Crippen LogP contribution in [0.5, 0.6) is 0 Å². The van der Waals surface area contributed by atoms with E-state index in [2.05, 4.69) is 32.7 Å². The molecule has 1 aromatic heterocycles. The number of aryl methyl sites for hydroxylation is 1. The average molecular weight is 375 g/mol. The predicted octanol–water partition coefficient (Wildman–Crippen LogP) is 2.26. The largest absolute Gasteiger partial charge is 0.481 e. The van der Waals surface area contributed by atoms with Crippen molar-refractivity contribution >= 4 is 40.3 Å². The minimum Gasteiger partial charge on any atom is -0.481 e. The van der Waals surface area contributed by atoms with E-state index in [9.17, 15) is 4.79 Å². The molecule has 18 heavy (non-hydrogen) atoms. The van der Waals surface area contributed by atoms with Crippen LogP contribution in [0.25, 0.3) is 11.4 Å². The number of aliphatic carboxylic acids is 1. The number of aromatic nitrogens is 3. The molecule has 94 valence electrons. The molecule has 0 saturated carbocycles. The van der Waals surface area contributed by atoms with Gasteiger partial charge in [0.25, 0.3) is 0 Å². The average Bonchev–Trinajstić information content (AvgIpc) is 2.69. The normalized spacial score (nSPS) is 10.6. The Morgan fingerprint density at radius 3 is 2.72 bits per heavy atom. The highest BCUT2D eigenvalue weighted by molar-refractivity contribution is 14.1. The topological polar surface area (TPSA) is 68.0 Å². The van der Waals surface area contributed by atoms with E-state index in [4.69, 9.17) is 5.11 Å². The third-order valence-electron chi connectivity index (χ3n) is 2.15. The first-order valence-corrected chi connectivity index (χ1v) is 7.14. The number of hydrogen-bond donors (Lipinski definition) is 1. The molecule has 5 nitrogen and oxygen atoms in total. The summed E-state index contributed by atoms with van der Waals surface area (Å²) in [5.74, 6) is -0.265. The summed E-state index contributed by atoms with van der Waals surface area (Å²) in [6.45, 7) is 0. The van der Waals surface area contributed by atoms with Crippen molar-refractivity contribution in [3.63, 3.8) is 0 Å². The number of nitrogens with zero attached hydrogens (tertiary/aromatic N) is 3. The van der Waals surface area contributed by atoms with Gasteiger partial charge in [-0.25, -0.2) is 9.67 Å². The van der Waals surface area contributed by atoms with E-state index in [0.29, 0.717) is 11.0 Å². The Labute approximate surface area is 122 Å². The lowest BCUT2D eigenvalue weighted by Gasteiger charge is -1.94. The molecule has 2 rings (SSSR count). The molecule has 1 heterocycles. The second-order valence-corrected chi connectivity index (χ2v) is 5.72. The molecule has 0 aliphatic heterocycles. The van der Waals surface area contributed by atoms with E-state index in [0.717, 1.165) is 20.9 Å². The minimum absolute atomic E-state index is 0.0152. The molecule has 0 radical (unpaired) electrons. The van der Waals surface area contributed by atoms with E-state index in [-0.39, 0.29) is 5.75 Å². The number of benzene rings is 1. The Balaban J connectivity index is 2.22. The monoisotopic (exact) mass is 375 g/mol. The molecule has 1 N–H and O–H groups in total. The number of carboxylic acids is 1. The highest BCUT2D eigenvalue weighted by Gasteiger charge is 2.11. The van der Waals surface area contributed by atoms with Gasteiger partial charge >= 0.3 is 5.97 Å². The Morgan fingerprint density at radius 2 is 2.11 bits per heavy atom. The molecular formula is C11H10IN3O2S. The summed E-state index contributed by atoms with van der Waals surface area (Å²) >= 11 is 3.40. The summed E-state index contributed by atoms with van der Waals surface area (Å²) in [5.41, 5.74) is 0.924. The van der Waals surface area contributed by atoms with Gasteiger partial charge in [0.05, 0.1) is 5.75 Å². The first-order chi connectivity index (χ1) is 8.56. The van der Waals surface area contributed by atoms with Crippen molar-refractivity contribution in [2.45, 2.75) is 5.16 Å². The maximum absolute atomic E-state index is 10.5. The third kappa shape index (κ3) is 3.22. The molecule has 0 amide bonds. The van der Waals surface area contributed by atoms with Crippen molar-refractivity contribution in [3.8, 4) is 11.4 Å². The van der Waals surface area contributed by atoms with Crippen LogP contribution in [-0.4, -0.2) is 31.6 Å². The van der Waals surface area contributed by atoms with Crippen LogP contribution in [0.15, 0.2) is 29.4 Å². The van der Waals surface area contributed by atoms with Crippen molar-refractivity contribution in [1.29, 1.82) is 0 Å². The Morgan fingerprint density at radius 1 is 1.44 bits per heavy atom. The summed E-state index contributed by atoms with van der Waals surface area (Å²) in [6.07, 6.45) is 0. The second kappa shape index (κ2) is 5.70. The number of thioether (sulfide) groups is 1. The van der Waals surface area contributed by atoms with Crippen molar-refractivity contribution < 1.29 is 9.90 Å². The van der Waals surface area contributed by atoms with Gasteiger partial charge < -0.3 is 5.11 Å². The molecule has 0 fully saturated rings. The van der Waals surface area contributed by atoms with Crippen LogP contribution < -0.4 is 0 Å². The predicted molar refractivity (Wildman–Crippen MR) is 77.5 cm³/mol. The number of halogens is 1. The van der Waals surface area contributed by atoms with Gasteiger partial charge in [0.15, 0.2) is 11.0 Å². The second-order valence-electron chi connectivity index (χ2n) is 3.53. The van der Waals surface area contributed by atoms with Crippen LogP contribution in [-0.2, 0) is 11.8 Å². The minimum atomic E-state index is -0.862. The van der Waals surface area contributed by atoms with Crippen molar-refractivity contribution in [2.24, 2.45) is 7.05 Å². The van der Waals surface area contributed by atoms with E-state index >= 15 is 0 Å². The van der Waals surface area contributed by atoms with Gasteiger partial charge in [0.2, 0.25) is 0 Å². The molecule has 7 heteroatoms. The number of rotatable bonds is 4. The fraction of sp³-hybridized carbons (Fsp3) is 0.182. The summed E-state index contributed by atoms with van der Waals surface area (Å²) in [6, 6.07) is 7.86. The smallest absolute Gasteiger partial charge is 0.313 e. The molecule has 0 aliphatic rings. The fourth-order valence-corrected chi connectivity index (χ4v) is 2.33. The van der Waals surface area contributed by atoms with Gasteiger partial charge in [0, 0.05) is 16.2 Å². The summed E-state index contributed by atoms with van der Waals surface area (Å²) in [7, 11) is 1.76. The van der Waals surface area contributed by atoms with Gasteiger partial charge in [-0.15, -0.1) is 0 Å². The summed E-state index contributed by atoms with van der Waals surface area (Å²) in [5, 5.41) is 13.5. The molecule has 0 unspecified atom stereocenters. The van der Waals surface area contributed by atoms with Crippen LogP contribution in [0.3, 0.4) is 0 Å². The van der Waals surface area contributed by atoms with E-state index in [1.807, 2.05) is 24.3 Å². The van der Waals surface area contributed by atoms with Crippen LogP contribution in [0.1, 0.15) is 0 Å². The first kappa shape index (κ1) is 13.3. The zero-order chi connectivity index (χ0) is 13.1. The molecule has 0 atom stereocenters. The lowest BCUT2D eigenvalue weighted by Crippen LogP contribution is -2.00. The third-order valence-corrected chi connectivity index (χ3v) is 3.87. The Kier molecular flexibility index (Phi) is 4.23. The molecule has 1 aromatic carbocycles. The molecular weight excluding hydrogens is 365 g/mol. The maximum atomic E-state index is 10.5. The zero-order valence-corrected chi connectivity index (χ0v) is 12.5. The van der Waals surface area contributed by atoms with E-state index in [1.165, 1.54) is 0 Å². The summed E-state index contributed by atoms with van der Waals surface area (Å²) in [4.78, 5) is 14.8. The number of carbonyl (C=O) groups is 1. The highest BCUT2D eigenvalue weighted by atomic mass is 127. The van der Waals surface area contributed by atoms with Gasteiger partial charge in [-0.1, -0.05) is 23.9 Å². The van der Waals surface area contributed by atoms with Crippen molar-refractivity contribution in [3.05, 3.63) is 27.8 Å². The SMILES string of the molecule is Cn1nc(-c2ccc(I)cc2)nc1SCC(=O)O. The lowest BCUT2D eigenvalue weighted by molar-refractivity contribution is -0.133. The van der Waals surface area contributed by atoms with Gasteiger partial charge in [-0.05, 0) is 34.7 Å². The molecule has 2 aromatic rings. The Bertz CT molecular complexity index is 568. The zero-order valence-electron chi connectivity index (χ0n) is 9.50. The van der Waals surface area contributed by atoms with Crippen molar-refractivity contribution in [1.82, 2.24) is 14.8 Å². The molecule has 0 aliphatic carbocycles. The van der Waals surface area contributed by atoms with Crippen LogP contribution >= 0.6 is 34.4 Å². The maximum Gasteiger partial charge on any atom is 0.313 e. The van der Waals surface area contributed by atoms with Crippen LogP contribution in [0, 0.1) is 3.57 Å².